The second-order valence-corrected chi connectivity index (χ2v) is 7.76. The van der Waals surface area contributed by atoms with Crippen LogP contribution in [0.1, 0.15) is 50.2 Å². The fourth-order valence-electron chi connectivity index (χ4n) is 3.38. The highest BCUT2D eigenvalue weighted by Gasteiger charge is 2.14. The predicted octanol–water partition coefficient (Wildman–Crippen LogP) is 6.39. The number of benzene rings is 2. The van der Waals surface area contributed by atoms with E-state index in [0.717, 1.165) is 36.7 Å². The molecule has 0 radical (unpaired) electrons. The Morgan fingerprint density at radius 2 is 1.84 bits per heavy atom. The van der Waals surface area contributed by atoms with Gasteiger partial charge in [0.2, 0.25) is 0 Å². The molecule has 3 aromatic rings. The van der Waals surface area contributed by atoms with Crippen molar-refractivity contribution in [2.75, 3.05) is 6.54 Å². The van der Waals surface area contributed by atoms with Crippen LogP contribution in [0.3, 0.4) is 0 Å². The molecule has 0 bridgehead atoms. The molecule has 1 unspecified atom stereocenters. The third-order valence-corrected chi connectivity index (χ3v) is 5.65. The average Bonchev–Trinajstić information content (AvgIpc) is 3.00. The van der Waals surface area contributed by atoms with Crippen LogP contribution in [0.25, 0.3) is 22.2 Å². The summed E-state index contributed by atoms with van der Waals surface area (Å²) in [4.78, 5) is 3.66. The zero-order valence-electron chi connectivity index (χ0n) is 15.1. The zero-order valence-corrected chi connectivity index (χ0v) is 16.7. The van der Waals surface area contributed by atoms with E-state index in [4.69, 9.17) is 5.73 Å². The van der Waals surface area contributed by atoms with Crippen LogP contribution in [-0.4, -0.2) is 11.5 Å². The van der Waals surface area contributed by atoms with Crippen LogP contribution in [0, 0.1) is 0 Å². The molecule has 3 rings (SSSR count). The summed E-state index contributed by atoms with van der Waals surface area (Å²) >= 11 is 3.53. The molecule has 25 heavy (non-hydrogen) atoms. The van der Waals surface area contributed by atoms with Gasteiger partial charge in [-0.15, -0.1) is 0 Å². The van der Waals surface area contributed by atoms with Crippen molar-refractivity contribution in [3.8, 4) is 11.3 Å². The molecule has 0 fully saturated rings. The molecule has 1 aromatic heterocycles. The Kier molecular flexibility index (Phi) is 5.98. The fourth-order valence-corrected chi connectivity index (χ4v) is 3.64. The van der Waals surface area contributed by atoms with E-state index in [-0.39, 0.29) is 0 Å². The Morgan fingerprint density at radius 1 is 1.08 bits per heavy atom. The molecule has 2 nitrogen and oxygen atoms in total. The number of nitrogens with two attached hydrogens (primary N) is 1. The molecule has 0 amide bonds. The lowest BCUT2D eigenvalue weighted by Crippen LogP contribution is -1.99. The van der Waals surface area contributed by atoms with Gasteiger partial charge in [0.25, 0.3) is 0 Å². The normalized spacial score (nSPS) is 12.6. The van der Waals surface area contributed by atoms with E-state index in [0.29, 0.717) is 5.92 Å². The Bertz CT molecular complexity index is 833. The SMILES string of the molecule is CCC(C)c1ccc2[nH]c(-c3ccc(Br)cc3)c(CCCCN)c2c1. The first kappa shape index (κ1) is 18.2. The first-order chi connectivity index (χ1) is 12.1. The maximum absolute atomic E-state index is 5.72. The van der Waals surface area contributed by atoms with Gasteiger partial charge in [-0.25, -0.2) is 0 Å². The van der Waals surface area contributed by atoms with Crippen molar-refractivity contribution in [2.24, 2.45) is 5.73 Å². The first-order valence-corrected chi connectivity index (χ1v) is 10.0. The Balaban J connectivity index is 2.10. The van der Waals surface area contributed by atoms with Gasteiger partial charge in [0, 0.05) is 21.1 Å². The Hall–Kier alpha value is -1.58. The molecule has 0 saturated carbocycles. The van der Waals surface area contributed by atoms with E-state index in [9.17, 15) is 0 Å². The molecule has 0 saturated heterocycles. The second-order valence-electron chi connectivity index (χ2n) is 6.85. The molecule has 3 N–H and O–H groups in total. The van der Waals surface area contributed by atoms with Gasteiger partial charge in [-0.05, 0) is 79.1 Å². The lowest BCUT2D eigenvalue weighted by atomic mass is 9.94. The Morgan fingerprint density at radius 3 is 2.52 bits per heavy atom. The highest BCUT2D eigenvalue weighted by molar-refractivity contribution is 9.10. The number of hydrogen-bond donors (Lipinski definition) is 2. The lowest BCUT2D eigenvalue weighted by molar-refractivity contribution is 0.734. The molecule has 0 aliphatic heterocycles. The van der Waals surface area contributed by atoms with E-state index in [1.54, 1.807) is 0 Å². The van der Waals surface area contributed by atoms with E-state index >= 15 is 0 Å². The number of unbranched alkanes of at least 4 members (excludes halogenated alkanes) is 1. The fraction of sp³-hybridized carbons (Fsp3) is 0.364. The summed E-state index contributed by atoms with van der Waals surface area (Å²) in [5.74, 6) is 0.590. The number of rotatable bonds is 7. The van der Waals surface area contributed by atoms with Crippen LogP contribution in [-0.2, 0) is 6.42 Å². The molecule has 2 aromatic carbocycles. The van der Waals surface area contributed by atoms with Gasteiger partial charge >= 0.3 is 0 Å². The molecule has 0 aliphatic rings. The van der Waals surface area contributed by atoms with E-state index in [2.05, 4.69) is 77.2 Å². The minimum atomic E-state index is 0.590. The van der Waals surface area contributed by atoms with Gasteiger partial charge in [0.1, 0.15) is 0 Å². The molecular weight excluding hydrogens is 372 g/mol. The Labute approximate surface area is 159 Å². The third-order valence-electron chi connectivity index (χ3n) is 5.13. The standard InChI is InChI=1S/C22H27BrN2/c1-3-15(2)17-9-12-21-20(14-17)19(6-4-5-13-24)22(25-21)16-7-10-18(23)11-8-16/h7-12,14-15,25H,3-6,13,24H2,1-2H3. The van der Waals surface area contributed by atoms with Crippen molar-refractivity contribution in [2.45, 2.75) is 45.4 Å². The largest absolute Gasteiger partial charge is 0.354 e. The monoisotopic (exact) mass is 398 g/mol. The summed E-state index contributed by atoms with van der Waals surface area (Å²) in [7, 11) is 0. The highest BCUT2D eigenvalue weighted by Crippen LogP contribution is 2.34. The van der Waals surface area contributed by atoms with Gasteiger partial charge in [0.05, 0.1) is 0 Å². The molecule has 0 aliphatic carbocycles. The summed E-state index contributed by atoms with van der Waals surface area (Å²) in [5.41, 5.74) is 12.3. The van der Waals surface area contributed by atoms with Crippen molar-refractivity contribution in [3.63, 3.8) is 0 Å². The van der Waals surface area contributed by atoms with Crippen LogP contribution < -0.4 is 5.73 Å². The maximum atomic E-state index is 5.72. The van der Waals surface area contributed by atoms with Crippen molar-refractivity contribution < 1.29 is 0 Å². The topological polar surface area (TPSA) is 41.8 Å². The number of hydrogen-bond acceptors (Lipinski definition) is 1. The number of aromatic amines is 1. The first-order valence-electron chi connectivity index (χ1n) is 9.24. The minimum absolute atomic E-state index is 0.590. The number of nitrogens with one attached hydrogen (secondary N) is 1. The number of H-pyrrole nitrogens is 1. The molecule has 1 atom stereocenters. The van der Waals surface area contributed by atoms with E-state index in [1.165, 1.54) is 33.3 Å². The zero-order chi connectivity index (χ0) is 17.8. The van der Waals surface area contributed by atoms with Crippen LogP contribution in [0.4, 0.5) is 0 Å². The highest BCUT2D eigenvalue weighted by atomic mass is 79.9. The predicted molar refractivity (Wildman–Crippen MR) is 112 cm³/mol. The molecular formula is C22H27BrN2. The van der Waals surface area contributed by atoms with Crippen molar-refractivity contribution in [3.05, 3.63) is 58.1 Å². The lowest BCUT2D eigenvalue weighted by Gasteiger charge is -2.10. The van der Waals surface area contributed by atoms with Gasteiger partial charge in [-0.2, -0.15) is 0 Å². The quantitative estimate of drug-likeness (QED) is 0.444. The number of aromatic nitrogens is 1. The summed E-state index contributed by atoms with van der Waals surface area (Å²) in [6.07, 6.45) is 4.42. The van der Waals surface area contributed by atoms with Crippen LogP contribution >= 0.6 is 15.9 Å². The number of fused-ring (bicyclic) bond motifs is 1. The maximum Gasteiger partial charge on any atom is 0.0497 e. The van der Waals surface area contributed by atoms with Gasteiger partial charge in [-0.3, -0.25) is 0 Å². The van der Waals surface area contributed by atoms with Crippen LogP contribution in [0.5, 0.6) is 0 Å². The summed E-state index contributed by atoms with van der Waals surface area (Å²) in [5, 5.41) is 1.37. The van der Waals surface area contributed by atoms with Gasteiger partial charge in [0.15, 0.2) is 0 Å². The summed E-state index contributed by atoms with van der Waals surface area (Å²) in [6.45, 7) is 5.31. The summed E-state index contributed by atoms with van der Waals surface area (Å²) < 4.78 is 1.11. The van der Waals surface area contributed by atoms with E-state index < -0.39 is 0 Å². The van der Waals surface area contributed by atoms with Gasteiger partial charge < -0.3 is 10.7 Å². The van der Waals surface area contributed by atoms with Crippen molar-refractivity contribution >= 4 is 26.8 Å². The van der Waals surface area contributed by atoms with Crippen LogP contribution in [0.15, 0.2) is 46.9 Å². The smallest absolute Gasteiger partial charge is 0.0497 e. The average molecular weight is 399 g/mol. The number of aryl methyl sites for hydroxylation is 1. The van der Waals surface area contributed by atoms with Crippen molar-refractivity contribution in [1.29, 1.82) is 0 Å². The van der Waals surface area contributed by atoms with Crippen molar-refractivity contribution in [1.82, 2.24) is 4.98 Å². The second kappa shape index (κ2) is 8.20. The molecule has 132 valence electrons. The summed E-state index contributed by atoms with van der Waals surface area (Å²) in [6, 6.07) is 15.5. The van der Waals surface area contributed by atoms with E-state index in [1.807, 2.05) is 0 Å². The third kappa shape index (κ3) is 3.99. The minimum Gasteiger partial charge on any atom is -0.354 e. The molecule has 1 heterocycles. The molecule has 3 heteroatoms. The number of halogens is 1. The van der Waals surface area contributed by atoms with Crippen LogP contribution in [0.2, 0.25) is 0 Å². The molecule has 0 spiro atoms. The van der Waals surface area contributed by atoms with Gasteiger partial charge in [-0.1, -0.05) is 48.0 Å².